The van der Waals surface area contributed by atoms with Crippen LogP contribution in [0, 0.1) is 6.92 Å². The number of hydrogen-bond donors (Lipinski definition) is 0. The van der Waals surface area contributed by atoms with E-state index in [9.17, 15) is 9.59 Å². The molecule has 0 radical (unpaired) electrons. The first-order chi connectivity index (χ1) is 12.0. The highest BCUT2D eigenvalue weighted by atomic mass is 79.9. The third-order valence-electron chi connectivity index (χ3n) is 4.66. The zero-order valence-corrected chi connectivity index (χ0v) is 15.2. The van der Waals surface area contributed by atoms with Crippen molar-refractivity contribution in [2.75, 3.05) is 11.5 Å². The van der Waals surface area contributed by atoms with E-state index in [4.69, 9.17) is 4.74 Å². The van der Waals surface area contributed by atoms with Gasteiger partial charge in [0.2, 0.25) is 5.91 Å². The van der Waals surface area contributed by atoms with Crippen molar-refractivity contribution in [1.29, 1.82) is 0 Å². The summed E-state index contributed by atoms with van der Waals surface area (Å²) in [5.41, 5.74) is 4.09. The van der Waals surface area contributed by atoms with Crippen LogP contribution in [0.3, 0.4) is 0 Å². The maximum absolute atomic E-state index is 12.9. The molecule has 5 heteroatoms. The first-order valence-electron chi connectivity index (χ1n) is 8.10. The molecule has 2 aliphatic rings. The Morgan fingerprint density at radius 1 is 1.12 bits per heavy atom. The lowest BCUT2D eigenvalue weighted by atomic mass is 9.84. The summed E-state index contributed by atoms with van der Waals surface area (Å²) in [6, 6.07) is 15.5. The van der Waals surface area contributed by atoms with E-state index in [-0.39, 0.29) is 30.8 Å². The Bertz CT molecular complexity index is 901. The fraction of sp³-hybridized carbons (Fsp3) is 0.200. The van der Waals surface area contributed by atoms with E-state index in [1.54, 1.807) is 4.90 Å². The van der Waals surface area contributed by atoms with Crippen molar-refractivity contribution in [3.63, 3.8) is 0 Å². The van der Waals surface area contributed by atoms with Crippen LogP contribution in [0.1, 0.15) is 23.5 Å². The summed E-state index contributed by atoms with van der Waals surface area (Å²) in [4.78, 5) is 26.9. The first kappa shape index (κ1) is 16.1. The van der Waals surface area contributed by atoms with Gasteiger partial charge in [-0.15, -0.1) is 0 Å². The van der Waals surface area contributed by atoms with E-state index in [1.165, 1.54) is 0 Å². The number of esters is 1. The highest BCUT2D eigenvalue weighted by molar-refractivity contribution is 9.10. The number of hydrogen-bond acceptors (Lipinski definition) is 3. The van der Waals surface area contributed by atoms with Crippen molar-refractivity contribution in [1.82, 2.24) is 0 Å². The molecule has 1 atom stereocenters. The molecule has 0 N–H and O–H groups in total. The Kier molecular flexibility index (Phi) is 3.96. The van der Waals surface area contributed by atoms with Crippen molar-refractivity contribution in [3.8, 4) is 0 Å². The summed E-state index contributed by atoms with van der Waals surface area (Å²) in [5.74, 6) is -0.618. The number of nitrogens with zero attached hydrogens (tertiary/aromatic N) is 1. The van der Waals surface area contributed by atoms with Crippen molar-refractivity contribution in [2.45, 2.75) is 19.3 Å². The fourth-order valence-corrected chi connectivity index (χ4v) is 3.87. The standard InChI is InChI=1S/C20H16BrNO3/c1-12-5-7-15(8-6-12)22-17-11-25-20(24)19(17)16(10-18(22)23)13-3-2-4-14(21)9-13/h2-9,16H,10-11H2,1H3/t16-/m1/s1. The van der Waals surface area contributed by atoms with E-state index >= 15 is 0 Å². The first-order valence-corrected chi connectivity index (χ1v) is 8.89. The molecule has 0 aromatic heterocycles. The highest BCUT2D eigenvalue weighted by Crippen LogP contribution is 2.42. The number of benzene rings is 2. The molecule has 0 saturated carbocycles. The van der Waals surface area contributed by atoms with Crippen LogP contribution in [-0.4, -0.2) is 18.5 Å². The molecule has 0 aliphatic carbocycles. The van der Waals surface area contributed by atoms with Crippen molar-refractivity contribution in [2.24, 2.45) is 0 Å². The fourth-order valence-electron chi connectivity index (χ4n) is 3.46. The molecular formula is C20H16BrNO3. The van der Waals surface area contributed by atoms with Crippen LogP contribution < -0.4 is 4.90 Å². The highest BCUT2D eigenvalue weighted by Gasteiger charge is 2.42. The van der Waals surface area contributed by atoms with Gasteiger partial charge in [-0.2, -0.15) is 0 Å². The van der Waals surface area contributed by atoms with Gasteiger partial charge in [-0.3, -0.25) is 9.69 Å². The number of halogens is 1. The van der Waals surface area contributed by atoms with E-state index in [1.807, 2.05) is 55.5 Å². The molecule has 4 nitrogen and oxygen atoms in total. The second kappa shape index (κ2) is 6.15. The van der Waals surface area contributed by atoms with Gasteiger partial charge in [0.25, 0.3) is 0 Å². The van der Waals surface area contributed by atoms with Gasteiger partial charge in [0, 0.05) is 22.5 Å². The number of aryl methyl sites for hydroxylation is 1. The number of anilines is 1. The van der Waals surface area contributed by atoms with E-state index in [0.29, 0.717) is 11.3 Å². The second-order valence-electron chi connectivity index (χ2n) is 6.31. The van der Waals surface area contributed by atoms with Crippen molar-refractivity contribution >= 4 is 33.5 Å². The monoisotopic (exact) mass is 397 g/mol. The Labute approximate surface area is 154 Å². The quantitative estimate of drug-likeness (QED) is 0.716. The van der Waals surface area contributed by atoms with Gasteiger partial charge in [-0.05, 0) is 36.8 Å². The Morgan fingerprint density at radius 3 is 2.60 bits per heavy atom. The van der Waals surface area contributed by atoms with Crippen LogP contribution >= 0.6 is 15.9 Å². The summed E-state index contributed by atoms with van der Waals surface area (Å²) in [7, 11) is 0. The van der Waals surface area contributed by atoms with Crippen LogP contribution in [0.2, 0.25) is 0 Å². The predicted octanol–water partition coefficient (Wildman–Crippen LogP) is 4.09. The lowest BCUT2D eigenvalue weighted by Crippen LogP contribution is -2.37. The lowest BCUT2D eigenvalue weighted by Gasteiger charge is -2.32. The second-order valence-corrected chi connectivity index (χ2v) is 7.23. The number of amides is 1. The number of carbonyl (C=O) groups excluding carboxylic acids is 2. The maximum Gasteiger partial charge on any atom is 0.336 e. The van der Waals surface area contributed by atoms with Crippen LogP contribution in [0.25, 0.3) is 0 Å². The Hall–Kier alpha value is -2.40. The minimum absolute atomic E-state index is 0.0223. The van der Waals surface area contributed by atoms with E-state index < -0.39 is 0 Å². The summed E-state index contributed by atoms with van der Waals surface area (Å²) in [6.07, 6.45) is 0.248. The van der Waals surface area contributed by atoms with Gasteiger partial charge in [-0.25, -0.2) is 4.79 Å². The minimum atomic E-state index is -0.329. The smallest absolute Gasteiger partial charge is 0.336 e. The predicted molar refractivity (Wildman–Crippen MR) is 98.2 cm³/mol. The molecule has 0 fully saturated rings. The lowest BCUT2D eigenvalue weighted by molar-refractivity contribution is -0.136. The SMILES string of the molecule is Cc1ccc(N2C(=O)C[C@H](c3cccc(Br)c3)C3=C2COC3=O)cc1. The summed E-state index contributed by atoms with van der Waals surface area (Å²) >= 11 is 3.46. The molecule has 0 unspecified atom stereocenters. The molecule has 1 amide bonds. The number of carbonyl (C=O) groups is 2. The molecule has 2 aromatic rings. The van der Waals surface area contributed by atoms with Gasteiger partial charge in [-0.1, -0.05) is 45.8 Å². The average molecular weight is 398 g/mol. The largest absolute Gasteiger partial charge is 0.456 e. The number of cyclic esters (lactones) is 1. The molecule has 4 rings (SSSR count). The van der Waals surface area contributed by atoms with Crippen molar-refractivity contribution < 1.29 is 14.3 Å². The molecule has 25 heavy (non-hydrogen) atoms. The summed E-state index contributed by atoms with van der Waals surface area (Å²) < 4.78 is 6.21. The van der Waals surface area contributed by atoms with Gasteiger partial charge >= 0.3 is 5.97 Å². The minimum Gasteiger partial charge on any atom is -0.456 e. The van der Waals surface area contributed by atoms with Crippen molar-refractivity contribution in [3.05, 3.63) is 75.4 Å². The van der Waals surface area contributed by atoms with Gasteiger partial charge in [0.15, 0.2) is 0 Å². The van der Waals surface area contributed by atoms with Crippen LogP contribution in [-0.2, 0) is 14.3 Å². The topological polar surface area (TPSA) is 46.6 Å². The normalized spacial score (nSPS) is 19.9. The molecule has 0 bridgehead atoms. The third-order valence-corrected chi connectivity index (χ3v) is 5.15. The average Bonchev–Trinajstić information content (AvgIpc) is 2.97. The van der Waals surface area contributed by atoms with E-state index in [2.05, 4.69) is 15.9 Å². The maximum atomic E-state index is 12.9. The molecule has 126 valence electrons. The third kappa shape index (κ3) is 2.78. The summed E-state index contributed by atoms with van der Waals surface area (Å²) in [6.45, 7) is 2.14. The molecular weight excluding hydrogens is 382 g/mol. The molecule has 2 heterocycles. The zero-order chi connectivity index (χ0) is 17.6. The van der Waals surface area contributed by atoms with Gasteiger partial charge < -0.3 is 4.74 Å². The molecule has 2 aromatic carbocycles. The Morgan fingerprint density at radius 2 is 1.88 bits per heavy atom. The van der Waals surface area contributed by atoms with Crippen LogP contribution in [0.4, 0.5) is 5.69 Å². The van der Waals surface area contributed by atoms with Crippen LogP contribution in [0.15, 0.2) is 64.3 Å². The molecule has 2 aliphatic heterocycles. The number of ether oxygens (including phenoxy) is 1. The van der Waals surface area contributed by atoms with Crippen LogP contribution in [0.5, 0.6) is 0 Å². The van der Waals surface area contributed by atoms with E-state index in [0.717, 1.165) is 21.3 Å². The number of rotatable bonds is 2. The molecule has 0 saturated heterocycles. The summed E-state index contributed by atoms with van der Waals surface area (Å²) in [5, 5.41) is 0. The molecule has 0 spiro atoms. The zero-order valence-electron chi connectivity index (χ0n) is 13.7. The van der Waals surface area contributed by atoms with Gasteiger partial charge in [0.05, 0.1) is 11.3 Å². The van der Waals surface area contributed by atoms with Gasteiger partial charge in [0.1, 0.15) is 6.61 Å². The Balaban J connectivity index is 1.83.